The van der Waals surface area contributed by atoms with Crippen LogP contribution in [0.1, 0.15) is 30.0 Å². The summed E-state index contributed by atoms with van der Waals surface area (Å²) in [7, 11) is 4.01. The van der Waals surface area contributed by atoms with Crippen molar-refractivity contribution in [3.05, 3.63) is 53.9 Å². The summed E-state index contributed by atoms with van der Waals surface area (Å²) < 4.78 is 7.51. The van der Waals surface area contributed by atoms with Crippen LogP contribution in [0.15, 0.2) is 42.7 Å². The Morgan fingerprint density at radius 1 is 1.24 bits per heavy atom. The van der Waals surface area contributed by atoms with Crippen molar-refractivity contribution < 1.29 is 4.74 Å². The van der Waals surface area contributed by atoms with Crippen LogP contribution >= 0.6 is 0 Å². The third-order valence-corrected chi connectivity index (χ3v) is 4.63. The maximum absolute atomic E-state index is 5.63. The zero-order valence-corrected chi connectivity index (χ0v) is 12.7. The second-order valence-electron chi connectivity index (χ2n) is 5.80. The standard InChI is InChI=1S/C17H23N3O/c1-18-16(14-12-19-20(2)13-14)17(8-10-21-11-9-17)15-6-4-3-5-7-15/h3-7,12-13,16,18H,8-11H2,1-2H3. The highest BCUT2D eigenvalue weighted by molar-refractivity contribution is 5.32. The summed E-state index contributed by atoms with van der Waals surface area (Å²) >= 11 is 0. The molecule has 4 nitrogen and oxygen atoms in total. The van der Waals surface area contributed by atoms with Crippen LogP contribution in [-0.2, 0) is 17.2 Å². The second-order valence-corrected chi connectivity index (χ2v) is 5.80. The van der Waals surface area contributed by atoms with Crippen LogP contribution in [0.3, 0.4) is 0 Å². The summed E-state index contributed by atoms with van der Waals surface area (Å²) in [5.74, 6) is 0. The number of benzene rings is 1. The van der Waals surface area contributed by atoms with E-state index in [1.54, 1.807) is 0 Å². The summed E-state index contributed by atoms with van der Waals surface area (Å²) in [5, 5.41) is 7.88. The SMILES string of the molecule is CNC(c1cnn(C)c1)C1(c2ccccc2)CCOCC1. The first-order valence-electron chi connectivity index (χ1n) is 7.55. The quantitative estimate of drug-likeness (QED) is 0.938. The minimum atomic E-state index is 0.0668. The number of aromatic nitrogens is 2. The number of ether oxygens (including phenoxy) is 1. The van der Waals surface area contributed by atoms with Gasteiger partial charge in [0, 0.05) is 43.5 Å². The van der Waals surface area contributed by atoms with Gasteiger partial charge in [-0.2, -0.15) is 5.10 Å². The van der Waals surface area contributed by atoms with Crippen molar-refractivity contribution in [3.8, 4) is 0 Å². The van der Waals surface area contributed by atoms with Gasteiger partial charge in [0.15, 0.2) is 0 Å². The topological polar surface area (TPSA) is 39.1 Å². The predicted molar refractivity (Wildman–Crippen MR) is 83.2 cm³/mol. The molecule has 21 heavy (non-hydrogen) atoms. The Kier molecular flexibility index (Phi) is 4.08. The molecule has 3 rings (SSSR count). The van der Waals surface area contributed by atoms with Crippen LogP contribution in [0.25, 0.3) is 0 Å². The molecule has 1 aliphatic rings. The van der Waals surface area contributed by atoms with Crippen molar-refractivity contribution in [2.45, 2.75) is 24.3 Å². The molecular formula is C17H23N3O. The molecule has 1 N–H and O–H groups in total. The molecule has 1 saturated heterocycles. The number of hydrogen-bond acceptors (Lipinski definition) is 3. The first-order valence-corrected chi connectivity index (χ1v) is 7.55. The number of hydrogen-bond donors (Lipinski definition) is 1. The molecule has 1 atom stereocenters. The molecule has 112 valence electrons. The van der Waals surface area contributed by atoms with Crippen LogP contribution in [0.4, 0.5) is 0 Å². The van der Waals surface area contributed by atoms with Crippen molar-refractivity contribution in [1.29, 1.82) is 0 Å². The van der Waals surface area contributed by atoms with E-state index < -0.39 is 0 Å². The third kappa shape index (κ3) is 2.61. The van der Waals surface area contributed by atoms with E-state index in [1.165, 1.54) is 11.1 Å². The van der Waals surface area contributed by atoms with E-state index in [9.17, 15) is 0 Å². The summed E-state index contributed by atoms with van der Waals surface area (Å²) in [6.45, 7) is 1.63. The van der Waals surface area contributed by atoms with Gasteiger partial charge in [0.25, 0.3) is 0 Å². The molecule has 2 aromatic rings. The highest BCUT2D eigenvalue weighted by Gasteiger charge is 2.42. The Balaban J connectivity index is 2.05. The van der Waals surface area contributed by atoms with Gasteiger partial charge < -0.3 is 10.1 Å². The number of rotatable bonds is 4. The normalized spacial score (nSPS) is 19.3. The highest BCUT2D eigenvalue weighted by atomic mass is 16.5. The summed E-state index contributed by atoms with van der Waals surface area (Å²) in [6.07, 6.45) is 6.14. The molecule has 4 heteroatoms. The predicted octanol–water partition coefficient (Wildman–Crippen LogP) is 2.43. The lowest BCUT2D eigenvalue weighted by Gasteiger charge is -2.43. The molecule has 1 unspecified atom stereocenters. The molecule has 1 fully saturated rings. The van der Waals surface area contributed by atoms with Crippen molar-refractivity contribution in [1.82, 2.24) is 15.1 Å². The highest BCUT2D eigenvalue weighted by Crippen LogP contribution is 2.44. The van der Waals surface area contributed by atoms with Gasteiger partial charge in [-0.3, -0.25) is 4.68 Å². The van der Waals surface area contributed by atoms with E-state index in [4.69, 9.17) is 4.74 Å². The van der Waals surface area contributed by atoms with Crippen LogP contribution in [0.2, 0.25) is 0 Å². The van der Waals surface area contributed by atoms with Gasteiger partial charge in [0.1, 0.15) is 0 Å². The first kappa shape index (κ1) is 14.3. The third-order valence-electron chi connectivity index (χ3n) is 4.63. The summed E-state index contributed by atoms with van der Waals surface area (Å²) in [4.78, 5) is 0. The Morgan fingerprint density at radius 3 is 2.52 bits per heavy atom. The maximum atomic E-state index is 5.63. The first-order chi connectivity index (χ1) is 10.3. The van der Waals surface area contributed by atoms with Crippen molar-refractivity contribution in [3.63, 3.8) is 0 Å². The molecule has 0 saturated carbocycles. The van der Waals surface area contributed by atoms with Crippen LogP contribution < -0.4 is 5.32 Å². The number of likely N-dealkylation sites (N-methyl/N-ethyl adjacent to an activating group) is 1. The zero-order valence-electron chi connectivity index (χ0n) is 12.7. The molecule has 0 spiro atoms. The molecule has 1 aliphatic heterocycles. The molecule has 0 amide bonds. The Morgan fingerprint density at radius 2 is 1.95 bits per heavy atom. The average Bonchev–Trinajstić information content (AvgIpc) is 2.96. The van der Waals surface area contributed by atoms with Crippen LogP contribution in [-0.4, -0.2) is 30.0 Å². The average molecular weight is 285 g/mol. The number of nitrogens with one attached hydrogen (secondary N) is 1. The van der Waals surface area contributed by atoms with E-state index in [1.807, 2.05) is 25.0 Å². The fraction of sp³-hybridized carbons (Fsp3) is 0.471. The van der Waals surface area contributed by atoms with Crippen LogP contribution in [0.5, 0.6) is 0 Å². The van der Waals surface area contributed by atoms with Crippen molar-refractivity contribution in [2.75, 3.05) is 20.3 Å². The molecule has 2 heterocycles. The van der Waals surface area contributed by atoms with Gasteiger partial charge in [-0.25, -0.2) is 0 Å². The lowest BCUT2D eigenvalue weighted by atomic mass is 9.67. The fourth-order valence-electron chi connectivity index (χ4n) is 3.60. The molecule has 0 radical (unpaired) electrons. The monoisotopic (exact) mass is 285 g/mol. The van der Waals surface area contributed by atoms with E-state index in [-0.39, 0.29) is 11.5 Å². The van der Waals surface area contributed by atoms with Crippen molar-refractivity contribution >= 4 is 0 Å². The molecule has 0 aliphatic carbocycles. The Hall–Kier alpha value is -1.65. The second kappa shape index (κ2) is 6.00. The van der Waals surface area contributed by atoms with Gasteiger partial charge in [0.2, 0.25) is 0 Å². The van der Waals surface area contributed by atoms with Gasteiger partial charge in [-0.15, -0.1) is 0 Å². The molecule has 0 bridgehead atoms. The number of aryl methyl sites for hydroxylation is 1. The maximum Gasteiger partial charge on any atom is 0.0537 e. The Bertz CT molecular complexity index is 573. The van der Waals surface area contributed by atoms with Crippen LogP contribution in [0, 0.1) is 0 Å². The fourth-order valence-corrected chi connectivity index (χ4v) is 3.60. The summed E-state index contributed by atoms with van der Waals surface area (Å²) in [6, 6.07) is 11.1. The van der Waals surface area contributed by atoms with Gasteiger partial charge >= 0.3 is 0 Å². The van der Waals surface area contributed by atoms with E-state index in [2.05, 4.69) is 46.9 Å². The molecule has 1 aromatic heterocycles. The minimum Gasteiger partial charge on any atom is -0.381 e. The lowest BCUT2D eigenvalue weighted by molar-refractivity contribution is 0.0352. The smallest absolute Gasteiger partial charge is 0.0537 e. The van der Waals surface area contributed by atoms with Gasteiger partial charge in [-0.1, -0.05) is 30.3 Å². The van der Waals surface area contributed by atoms with E-state index >= 15 is 0 Å². The van der Waals surface area contributed by atoms with Gasteiger partial charge in [-0.05, 0) is 25.5 Å². The Labute approximate surface area is 126 Å². The lowest BCUT2D eigenvalue weighted by Crippen LogP contribution is -2.44. The minimum absolute atomic E-state index is 0.0668. The molecule has 1 aromatic carbocycles. The summed E-state index contributed by atoms with van der Waals surface area (Å²) in [5.41, 5.74) is 2.69. The van der Waals surface area contributed by atoms with E-state index in [0.29, 0.717) is 0 Å². The number of nitrogens with zero attached hydrogens (tertiary/aromatic N) is 2. The largest absolute Gasteiger partial charge is 0.381 e. The zero-order chi connectivity index (χ0) is 14.7. The van der Waals surface area contributed by atoms with Gasteiger partial charge in [0.05, 0.1) is 6.20 Å². The van der Waals surface area contributed by atoms with E-state index in [0.717, 1.165) is 26.1 Å². The van der Waals surface area contributed by atoms with Crippen molar-refractivity contribution in [2.24, 2.45) is 7.05 Å². The molecular weight excluding hydrogens is 262 g/mol.